The van der Waals surface area contributed by atoms with Crippen LogP contribution in [-0.4, -0.2) is 49.4 Å². The normalized spacial score (nSPS) is 20.0. The number of nitrogens with two attached hydrogens (primary N) is 1. The summed E-state index contributed by atoms with van der Waals surface area (Å²) >= 11 is 0. The second kappa shape index (κ2) is 7.84. The van der Waals surface area contributed by atoms with Gasteiger partial charge in [-0.3, -0.25) is 14.9 Å². The summed E-state index contributed by atoms with van der Waals surface area (Å²) < 4.78 is 1.84. The highest BCUT2D eigenvalue weighted by molar-refractivity contribution is 5.97. The Hall–Kier alpha value is -4.31. The van der Waals surface area contributed by atoms with Crippen molar-refractivity contribution in [3.8, 4) is 0 Å². The minimum absolute atomic E-state index is 0.0166. The molecule has 0 bridgehead atoms. The predicted octanol–water partition coefficient (Wildman–Crippen LogP) is 3.06. The molecule has 1 aromatic carbocycles. The van der Waals surface area contributed by atoms with E-state index in [2.05, 4.69) is 31.0 Å². The van der Waals surface area contributed by atoms with E-state index in [0.717, 1.165) is 71.8 Å². The lowest BCUT2D eigenvalue weighted by Gasteiger charge is -2.42. The van der Waals surface area contributed by atoms with Crippen LogP contribution in [0.1, 0.15) is 30.1 Å². The SMILES string of the molecule is N[C@@H]1c2cccnc2CC12CCN(c1cnc3c(N4CCn5c(=O)ccc6cccc4c65)n[nH]c3n1)CC2. The summed E-state index contributed by atoms with van der Waals surface area (Å²) in [5, 5.41) is 8.77. The number of hydrogen-bond donors (Lipinski definition) is 2. The molecule has 5 aromatic rings. The van der Waals surface area contributed by atoms with Crippen molar-refractivity contribution in [3.05, 3.63) is 76.5 Å². The third-order valence-electron chi connectivity index (χ3n) is 8.84. The Balaban J connectivity index is 1.08. The van der Waals surface area contributed by atoms with Gasteiger partial charge in [0.05, 0.1) is 17.4 Å². The van der Waals surface area contributed by atoms with Crippen molar-refractivity contribution in [2.24, 2.45) is 11.1 Å². The largest absolute Gasteiger partial charge is 0.355 e. The van der Waals surface area contributed by atoms with Gasteiger partial charge in [0.15, 0.2) is 17.0 Å². The lowest BCUT2D eigenvalue weighted by molar-refractivity contribution is 0.186. The number of benzene rings is 1. The molecule has 1 aliphatic carbocycles. The van der Waals surface area contributed by atoms with E-state index in [9.17, 15) is 4.79 Å². The molecule has 1 saturated heterocycles. The maximum Gasteiger partial charge on any atom is 0.251 e. The van der Waals surface area contributed by atoms with Crippen molar-refractivity contribution >= 4 is 39.4 Å². The predicted molar refractivity (Wildman–Crippen MR) is 146 cm³/mol. The standard InChI is InChI=1S/C28H27N9O/c29-25-18-4-2-10-30-19(18)15-28(25)8-11-35(12-9-28)21-16-31-23-26(32-21)33-34-27(23)36-13-14-37-22(38)7-6-17-3-1-5-20(36)24(17)37/h1-7,10,16,25H,8-9,11-15,29H2,(H,32,33,34)/t25-/m1/s1. The van der Waals surface area contributed by atoms with Crippen LogP contribution in [-0.2, 0) is 13.0 Å². The van der Waals surface area contributed by atoms with Crippen LogP contribution < -0.4 is 21.1 Å². The maximum atomic E-state index is 12.5. The van der Waals surface area contributed by atoms with Gasteiger partial charge < -0.3 is 20.1 Å². The van der Waals surface area contributed by atoms with Crippen LogP contribution >= 0.6 is 0 Å². The van der Waals surface area contributed by atoms with Crippen LogP contribution in [0.5, 0.6) is 0 Å². The van der Waals surface area contributed by atoms with Gasteiger partial charge in [-0.25, -0.2) is 9.97 Å². The number of anilines is 3. The number of aromatic nitrogens is 6. The van der Waals surface area contributed by atoms with E-state index < -0.39 is 0 Å². The van der Waals surface area contributed by atoms with E-state index in [0.29, 0.717) is 18.7 Å². The smallest absolute Gasteiger partial charge is 0.251 e. The van der Waals surface area contributed by atoms with E-state index in [-0.39, 0.29) is 17.0 Å². The fraction of sp³-hybridized carbons (Fsp3) is 0.321. The summed E-state index contributed by atoms with van der Waals surface area (Å²) in [5.74, 6) is 1.58. The number of fused-ring (bicyclic) bond motifs is 2. The van der Waals surface area contributed by atoms with E-state index >= 15 is 0 Å². The van der Waals surface area contributed by atoms with Gasteiger partial charge in [-0.15, -0.1) is 0 Å². The molecule has 0 unspecified atom stereocenters. The zero-order chi connectivity index (χ0) is 25.4. The first-order chi connectivity index (χ1) is 18.6. The fourth-order valence-corrected chi connectivity index (χ4v) is 6.76. The highest BCUT2D eigenvalue weighted by Crippen LogP contribution is 2.50. The molecule has 0 saturated carbocycles. The fourth-order valence-electron chi connectivity index (χ4n) is 6.76. The summed E-state index contributed by atoms with van der Waals surface area (Å²) in [6, 6.07) is 13.7. The highest BCUT2D eigenvalue weighted by Gasteiger charge is 2.46. The molecule has 1 spiro atoms. The van der Waals surface area contributed by atoms with Crippen LogP contribution in [0.2, 0.25) is 0 Å². The van der Waals surface area contributed by atoms with Crippen LogP contribution in [0.25, 0.3) is 22.1 Å². The molecule has 190 valence electrons. The average molecular weight is 506 g/mol. The van der Waals surface area contributed by atoms with Gasteiger partial charge in [0.25, 0.3) is 5.56 Å². The van der Waals surface area contributed by atoms with E-state index in [1.807, 2.05) is 47.3 Å². The van der Waals surface area contributed by atoms with Crippen molar-refractivity contribution < 1.29 is 0 Å². The molecule has 1 fully saturated rings. The van der Waals surface area contributed by atoms with Crippen LogP contribution in [0.4, 0.5) is 17.3 Å². The van der Waals surface area contributed by atoms with E-state index in [1.54, 1.807) is 6.07 Å². The Morgan fingerprint density at radius 3 is 2.76 bits per heavy atom. The number of aromatic amines is 1. The molecule has 1 atom stereocenters. The molecule has 8 rings (SSSR count). The monoisotopic (exact) mass is 505 g/mol. The summed E-state index contributed by atoms with van der Waals surface area (Å²) in [4.78, 5) is 31.2. The summed E-state index contributed by atoms with van der Waals surface area (Å²) in [5.41, 5.74) is 12.4. The molecule has 10 heteroatoms. The lowest BCUT2D eigenvalue weighted by atomic mass is 9.73. The highest BCUT2D eigenvalue weighted by atomic mass is 16.1. The van der Waals surface area contributed by atoms with Crippen molar-refractivity contribution in [3.63, 3.8) is 0 Å². The van der Waals surface area contributed by atoms with Gasteiger partial charge in [-0.2, -0.15) is 5.10 Å². The van der Waals surface area contributed by atoms with E-state index in [1.165, 1.54) is 5.56 Å². The van der Waals surface area contributed by atoms with E-state index in [4.69, 9.17) is 15.7 Å². The second-order valence-electron chi connectivity index (χ2n) is 10.7. The Morgan fingerprint density at radius 1 is 1.00 bits per heavy atom. The van der Waals surface area contributed by atoms with Gasteiger partial charge in [-0.05, 0) is 48.4 Å². The van der Waals surface area contributed by atoms with Crippen molar-refractivity contribution in [1.82, 2.24) is 29.7 Å². The first-order valence-electron chi connectivity index (χ1n) is 13.2. The third kappa shape index (κ3) is 3.00. The minimum Gasteiger partial charge on any atom is -0.355 e. The molecular formula is C28H27N9O. The van der Waals surface area contributed by atoms with Gasteiger partial charge in [-0.1, -0.05) is 18.2 Å². The Labute approximate surface area is 218 Å². The number of rotatable bonds is 2. The van der Waals surface area contributed by atoms with Crippen LogP contribution in [0.3, 0.4) is 0 Å². The van der Waals surface area contributed by atoms with Gasteiger partial charge in [0.2, 0.25) is 0 Å². The topological polar surface area (TPSA) is 122 Å². The number of para-hydroxylation sites is 1. The molecule has 0 radical (unpaired) electrons. The summed E-state index contributed by atoms with van der Waals surface area (Å²) in [6.07, 6.45) is 6.66. The zero-order valence-electron chi connectivity index (χ0n) is 20.8. The Morgan fingerprint density at radius 2 is 1.89 bits per heavy atom. The van der Waals surface area contributed by atoms with Crippen LogP contribution in [0, 0.1) is 5.41 Å². The number of pyridine rings is 2. The first kappa shape index (κ1) is 21.7. The zero-order valence-corrected chi connectivity index (χ0v) is 20.8. The summed E-state index contributed by atoms with van der Waals surface area (Å²) in [6.45, 7) is 2.97. The molecule has 4 aromatic heterocycles. The van der Waals surface area contributed by atoms with Gasteiger partial charge in [0, 0.05) is 55.6 Å². The molecular weight excluding hydrogens is 478 g/mol. The summed E-state index contributed by atoms with van der Waals surface area (Å²) in [7, 11) is 0. The number of H-pyrrole nitrogens is 1. The molecule has 3 N–H and O–H groups in total. The average Bonchev–Trinajstić information content (AvgIpc) is 3.49. The Bertz CT molecular complexity index is 1780. The Kier molecular flexibility index (Phi) is 4.49. The molecule has 3 aliphatic rings. The number of hydrogen-bond acceptors (Lipinski definition) is 8. The number of piperidine rings is 1. The second-order valence-corrected chi connectivity index (χ2v) is 10.7. The number of nitrogens with one attached hydrogen (secondary N) is 1. The first-order valence-corrected chi connectivity index (χ1v) is 13.2. The molecule has 2 aliphatic heterocycles. The van der Waals surface area contributed by atoms with Crippen LogP contribution in [0.15, 0.2) is 59.7 Å². The van der Waals surface area contributed by atoms with Crippen molar-refractivity contribution in [2.75, 3.05) is 29.4 Å². The minimum atomic E-state index is 0.0166. The van der Waals surface area contributed by atoms with Gasteiger partial charge in [0.1, 0.15) is 5.82 Å². The third-order valence-corrected chi connectivity index (χ3v) is 8.84. The quantitative estimate of drug-likeness (QED) is 0.375. The maximum absolute atomic E-state index is 12.5. The molecule has 6 heterocycles. The molecule has 10 nitrogen and oxygen atoms in total. The van der Waals surface area contributed by atoms with Crippen molar-refractivity contribution in [2.45, 2.75) is 31.8 Å². The molecule has 0 amide bonds. The van der Waals surface area contributed by atoms with Gasteiger partial charge >= 0.3 is 0 Å². The molecule has 38 heavy (non-hydrogen) atoms. The lowest BCUT2D eigenvalue weighted by Crippen LogP contribution is -2.44. The van der Waals surface area contributed by atoms with Crippen molar-refractivity contribution in [1.29, 1.82) is 0 Å². The number of nitrogens with zero attached hydrogens (tertiary/aromatic N) is 7.